The first-order chi connectivity index (χ1) is 10.6. The van der Waals surface area contributed by atoms with Gasteiger partial charge >= 0.3 is 0 Å². The van der Waals surface area contributed by atoms with Gasteiger partial charge in [-0.25, -0.2) is 0 Å². The lowest BCUT2D eigenvalue weighted by Crippen LogP contribution is -2.32. The first kappa shape index (κ1) is 15.3. The van der Waals surface area contributed by atoms with Crippen LogP contribution in [-0.2, 0) is 9.63 Å². The SMILES string of the molecule is O=C(COc1cc(-c2ccccc2)on1)NCCO[N+](=O)[O-]. The van der Waals surface area contributed by atoms with Crippen molar-refractivity contribution in [2.75, 3.05) is 19.8 Å². The van der Waals surface area contributed by atoms with E-state index in [0.717, 1.165) is 5.56 Å². The van der Waals surface area contributed by atoms with Crippen molar-refractivity contribution in [2.45, 2.75) is 0 Å². The van der Waals surface area contributed by atoms with Crippen molar-refractivity contribution < 1.29 is 24.0 Å². The van der Waals surface area contributed by atoms with E-state index in [1.807, 2.05) is 30.3 Å². The molecule has 0 aliphatic heterocycles. The van der Waals surface area contributed by atoms with Crippen LogP contribution in [-0.4, -0.2) is 35.9 Å². The topological polar surface area (TPSA) is 117 Å². The van der Waals surface area contributed by atoms with E-state index < -0.39 is 11.0 Å². The van der Waals surface area contributed by atoms with E-state index in [-0.39, 0.29) is 25.6 Å². The minimum absolute atomic E-state index is 0.0112. The molecule has 0 bridgehead atoms. The molecule has 1 N–H and O–H groups in total. The largest absolute Gasteiger partial charge is 0.465 e. The third-order valence-electron chi connectivity index (χ3n) is 2.52. The molecule has 1 heterocycles. The number of nitrogens with one attached hydrogen (secondary N) is 1. The molecule has 9 nitrogen and oxygen atoms in total. The van der Waals surface area contributed by atoms with Crippen LogP contribution >= 0.6 is 0 Å². The summed E-state index contributed by atoms with van der Waals surface area (Å²) in [4.78, 5) is 25.4. The molecule has 1 aromatic carbocycles. The first-order valence-electron chi connectivity index (χ1n) is 6.34. The Kier molecular flexibility index (Phi) is 5.30. The molecule has 0 saturated carbocycles. The van der Waals surface area contributed by atoms with Crippen molar-refractivity contribution in [3.63, 3.8) is 0 Å². The van der Waals surface area contributed by atoms with E-state index in [0.29, 0.717) is 5.76 Å². The first-order valence-corrected chi connectivity index (χ1v) is 6.34. The van der Waals surface area contributed by atoms with Gasteiger partial charge in [0.25, 0.3) is 16.9 Å². The highest BCUT2D eigenvalue weighted by Gasteiger charge is 2.09. The van der Waals surface area contributed by atoms with Gasteiger partial charge in [-0.15, -0.1) is 10.1 Å². The van der Waals surface area contributed by atoms with Crippen molar-refractivity contribution >= 4 is 5.91 Å². The molecular weight excluding hydrogens is 294 g/mol. The number of hydrogen-bond acceptors (Lipinski definition) is 7. The lowest BCUT2D eigenvalue weighted by molar-refractivity contribution is -0.757. The zero-order valence-electron chi connectivity index (χ0n) is 11.4. The van der Waals surface area contributed by atoms with Gasteiger partial charge in [-0.3, -0.25) is 4.79 Å². The molecule has 0 aliphatic rings. The Labute approximate surface area is 124 Å². The highest BCUT2D eigenvalue weighted by molar-refractivity contribution is 5.77. The average molecular weight is 307 g/mol. The van der Waals surface area contributed by atoms with Gasteiger partial charge in [-0.1, -0.05) is 30.3 Å². The maximum atomic E-state index is 11.4. The van der Waals surface area contributed by atoms with Gasteiger partial charge in [0.1, 0.15) is 6.61 Å². The maximum absolute atomic E-state index is 11.4. The van der Waals surface area contributed by atoms with Crippen LogP contribution in [0.2, 0.25) is 0 Å². The van der Waals surface area contributed by atoms with Crippen LogP contribution in [0, 0.1) is 10.1 Å². The lowest BCUT2D eigenvalue weighted by atomic mass is 10.2. The average Bonchev–Trinajstić information content (AvgIpc) is 2.99. The minimum Gasteiger partial charge on any atom is -0.465 e. The molecular formula is C13H13N3O6. The number of aromatic nitrogens is 1. The second-order valence-corrected chi connectivity index (χ2v) is 4.09. The highest BCUT2D eigenvalue weighted by Crippen LogP contribution is 2.22. The molecule has 1 amide bonds. The predicted molar refractivity (Wildman–Crippen MR) is 73.4 cm³/mol. The standard InChI is InChI=1S/C13H13N3O6/c17-12(14-6-7-21-16(18)19)9-20-13-8-11(22-15-13)10-4-2-1-3-5-10/h1-5,8H,6-7,9H2,(H,14,17). The number of nitrogens with zero attached hydrogens (tertiary/aromatic N) is 2. The van der Waals surface area contributed by atoms with Crippen molar-refractivity contribution in [1.29, 1.82) is 0 Å². The molecule has 22 heavy (non-hydrogen) atoms. The number of carbonyl (C=O) groups is 1. The molecule has 0 aliphatic carbocycles. The predicted octanol–water partition coefficient (Wildman–Crippen LogP) is 1.04. The van der Waals surface area contributed by atoms with Gasteiger partial charge in [0.2, 0.25) is 0 Å². The second kappa shape index (κ2) is 7.62. The molecule has 0 unspecified atom stereocenters. The van der Waals surface area contributed by atoms with Crippen LogP contribution in [0.15, 0.2) is 40.9 Å². The van der Waals surface area contributed by atoms with E-state index in [4.69, 9.17) is 9.26 Å². The van der Waals surface area contributed by atoms with Crippen LogP contribution in [0.1, 0.15) is 0 Å². The van der Waals surface area contributed by atoms with E-state index in [9.17, 15) is 14.9 Å². The quantitative estimate of drug-likeness (QED) is 0.440. The molecule has 2 rings (SSSR count). The van der Waals surface area contributed by atoms with Gasteiger partial charge in [-0.2, -0.15) is 0 Å². The summed E-state index contributed by atoms with van der Waals surface area (Å²) in [6, 6.07) is 10.9. The monoisotopic (exact) mass is 307 g/mol. The molecule has 0 saturated heterocycles. The number of ether oxygens (including phenoxy) is 1. The molecule has 9 heteroatoms. The number of carbonyl (C=O) groups excluding carboxylic acids is 1. The van der Waals surface area contributed by atoms with Gasteiger partial charge in [0.15, 0.2) is 12.4 Å². The minimum atomic E-state index is -0.927. The van der Waals surface area contributed by atoms with Crippen LogP contribution in [0.25, 0.3) is 11.3 Å². The number of rotatable bonds is 8. The normalized spacial score (nSPS) is 10.0. The fraction of sp³-hybridized carbons (Fsp3) is 0.231. The van der Waals surface area contributed by atoms with Crippen molar-refractivity contribution in [3.05, 3.63) is 46.5 Å². The number of amides is 1. The zero-order valence-corrected chi connectivity index (χ0v) is 11.4. The summed E-state index contributed by atoms with van der Waals surface area (Å²) in [5, 5.41) is 15.1. The molecule has 0 radical (unpaired) electrons. The molecule has 1 aromatic heterocycles. The summed E-state index contributed by atoms with van der Waals surface area (Å²) >= 11 is 0. The summed E-state index contributed by atoms with van der Waals surface area (Å²) in [6.45, 7) is -0.489. The molecule has 0 spiro atoms. The van der Waals surface area contributed by atoms with E-state index >= 15 is 0 Å². The van der Waals surface area contributed by atoms with Crippen LogP contribution in [0.5, 0.6) is 5.88 Å². The van der Waals surface area contributed by atoms with E-state index in [1.165, 1.54) is 0 Å². The summed E-state index contributed by atoms with van der Waals surface area (Å²) in [5.74, 6) is 0.252. The smallest absolute Gasteiger partial charge is 0.294 e. The Balaban J connectivity index is 1.74. The van der Waals surface area contributed by atoms with Crippen LogP contribution in [0.4, 0.5) is 0 Å². The van der Waals surface area contributed by atoms with Crippen molar-refractivity contribution in [3.8, 4) is 17.2 Å². The Bertz CT molecular complexity index is 628. The molecule has 116 valence electrons. The van der Waals surface area contributed by atoms with Gasteiger partial charge < -0.3 is 19.4 Å². The highest BCUT2D eigenvalue weighted by atomic mass is 16.9. The Hall–Kier alpha value is -3.10. The molecule has 0 fully saturated rings. The van der Waals surface area contributed by atoms with Crippen molar-refractivity contribution in [1.82, 2.24) is 10.5 Å². The second-order valence-electron chi connectivity index (χ2n) is 4.09. The Morgan fingerprint density at radius 3 is 2.86 bits per heavy atom. The van der Waals surface area contributed by atoms with Crippen LogP contribution in [0.3, 0.4) is 0 Å². The number of benzene rings is 1. The Morgan fingerprint density at radius 1 is 1.36 bits per heavy atom. The van der Waals surface area contributed by atoms with Crippen molar-refractivity contribution in [2.24, 2.45) is 0 Å². The van der Waals surface area contributed by atoms with E-state index in [2.05, 4.69) is 15.3 Å². The third-order valence-corrected chi connectivity index (χ3v) is 2.52. The summed E-state index contributed by atoms with van der Waals surface area (Å²) in [6.07, 6.45) is 0. The fourth-order valence-electron chi connectivity index (χ4n) is 1.57. The summed E-state index contributed by atoms with van der Waals surface area (Å²) in [7, 11) is 0. The third kappa shape index (κ3) is 4.78. The summed E-state index contributed by atoms with van der Waals surface area (Å²) in [5.41, 5.74) is 0.839. The van der Waals surface area contributed by atoms with Gasteiger partial charge in [0, 0.05) is 18.2 Å². The maximum Gasteiger partial charge on any atom is 0.294 e. The lowest BCUT2D eigenvalue weighted by Gasteiger charge is -2.04. The van der Waals surface area contributed by atoms with Gasteiger partial charge in [-0.05, 0) is 5.16 Å². The fourth-order valence-corrected chi connectivity index (χ4v) is 1.57. The van der Waals surface area contributed by atoms with Gasteiger partial charge in [0.05, 0.1) is 0 Å². The van der Waals surface area contributed by atoms with Crippen LogP contribution < -0.4 is 10.1 Å². The molecule has 2 aromatic rings. The number of hydrogen-bond donors (Lipinski definition) is 1. The zero-order chi connectivity index (χ0) is 15.8. The Morgan fingerprint density at radius 2 is 2.14 bits per heavy atom. The van der Waals surface area contributed by atoms with E-state index in [1.54, 1.807) is 6.07 Å². The molecule has 0 atom stereocenters. The summed E-state index contributed by atoms with van der Waals surface area (Å²) < 4.78 is 10.3.